The number of piperidine rings is 1. The van der Waals surface area contributed by atoms with Crippen molar-refractivity contribution >= 4 is 23.2 Å². The van der Waals surface area contributed by atoms with Crippen molar-refractivity contribution in [3.05, 3.63) is 23.8 Å². The first-order valence-electron chi connectivity index (χ1n) is 13.0. The Balaban J connectivity index is 1.79. The van der Waals surface area contributed by atoms with Crippen LogP contribution in [0.25, 0.3) is 0 Å². The fourth-order valence-electron chi connectivity index (χ4n) is 5.05. The number of amides is 2. The SMILES string of the molecule is CCCC[C@@H](CC)C(=O)Nc1ccc(N2CCC(C)CC2)c(C(=O)NC2CCCCC2)c1. The lowest BCUT2D eigenvalue weighted by atomic mass is 9.94. The highest BCUT2D eigenvalue weighted by molar-refractivity contribution is 6.02. The van der Waals surface area contributed by atoms with Gasteiger partial charge in [0.1, 0.15) is 0 Å². The molecule has 1 aliphatic heterocycles. The summed E-state index contributed by atoms with van der Waals surface area (Å²) in [6.45, 7) is 8.48. The Morgan fingerprint density at radius 2 is 1.78 bits per heavy atom. The molecule has 2 aliphatic rings. The van der Waals surface area contributed by atoms with Gasteiger partial charge in [0.05, 0.1) is 5.56 Å². The summed E-state index contributed by atoms with van der Waals surface area (Å²) in [5.74, 6) is 0.829. The van der Waals surface area contributed by atoms with Gasteiger partial charge in [0.15, 0.2) is 0 Å². The van der Waals surface area contributed by atoms with Crippen LogP contribution in [-0.4, -0.2) is 30.9 Å². The van der Waals surface area contributed by atoms with Gasteiger partial charge < -0.3 is 15.5 Å². The van der Waals surface area contributed by atoms with E-state index in [0.29, 0.717) is 5.56 Å². The molecule has 3 rings (SSSR count). The van der Waals surface area contributed by atoms with Crippen molar-refractivity contribution in [1.29, 1.82) is 0 Å². The first-order chi connectivity index (χ1) is 15.5. The first kappa shape index (κ1) is 24.6. The quantitative estimate of drug-likeness (QED) is 0.484. The van der Waals surface area contributed by atoms with Gasteiger partial charge in [-0.25, -0.2) is 0 Å². The minimum Gasteiger partial charge on any atom is -0.371 e. The van der Waals surface area contributed by atoms with Crippen LogP contribution in [-0.2, 0) is 4.79 Å². The molecule has 0 bridgehead atoms. The molecule has 1 aromatic rings. The zero-order chi connectivity index (χ0) is 22.9. The third-order valence-corrected chi connectivity index (χ3v) is 7.34. The summed E-state index contributed by atoms with van der Waals surface area (Å²) < 4.78 is 0. The molecule has 0 radical (unpaired) electrons. The Bertz CT molecular complexity index is 749. The van der Waals surface area contributed by atoms with Gasteiger partial charge in [-0.3, -0.25) is 9.59 Å². The first-order valence-corrected chi connectivity index (χ1v) is 13.0. The second-order valence-corrected chi connectivity index (χ2v) is 9.95. The van der Waals surface area contributed by atoms with Crippen molar-refractivity contribution in [2.45, 2.75) is 97.4 Å². The number of nitrogens with one attached hydrogen (secondary N) is 2. The van der Waals surface area contributed by atoms with Gasteiger partial charge >= 0.3 is 0 Å². The largest absolute Gasteiger partial charge is 0.371 e. The number of carbonyl (C=O) groups excluding carboxylic acids is 2. The van der Waals surface area contributed by atoms with Crippen LogP contribution >= 0.6 is 0 Å². The smallest absolute Gasteiger partial charge is 0.253 e. The Morgan fingerprint density at radius 3 is 2.44 bits per heavy atom. The van der Waals surface area contributed by atoms with E-state index in [9.17, 15) is 9.59 Å². The van der Waals surface area contributed by atoms with Gasteiger partial charge in [0, 0.05) is 36.4 Å². The fourth-order valence-corrected chi connectivity index (χ4v) is 5.05. The zero-order valence-corrected chi connectivity index (χ0v) is 20.4. The lowest BCUT2D eigenvalue weighted by Crippen LogP contribution is -2.38. The van der Waals surface area contributed by atoms with Crippen molar-refractivity contribution in [3.8, 4) is 0 Å². The predicted octanol–water partition coefficient (Wildman–Crippen LogP) is 6.14. The van der Waals surface area contributed by atoms with Gasteiger partial charge in [-0.15, -0.1) is 0 Å². The van der Waals surface area contributed by atoms with E-state index < -0.39 is 0 Å². The molecule has 2 amide bonds. The van der Waals surface area contributed by atoms with Crippen LogP contribution < -0.4 is 15.5 Å². The molecule has 0 aromatic heterocycles. The highest BCUT2D eigenvalue weighted by Gasteiger charge is 2.24. The van der Waals surface area contributed by atoms with E-state index in [2.05, 4.69) is 36.3 Å². The summed E-state index contributed by atoms with van der Waals surface area (Å²) in [7, 11) is 0. The normalized spacial score (nSPS) is 18.9. The van der Waals surface area contributed by atoms with Gasteiger partial charge in [-0.1, -0.05) is 52.9 Å². The van der Waals surface area contributed by atoms with Crippen LogP contribution in [0.1, 0.15) is 102 Å². The van der Waals surface area contributed by atoms with Crippen molar-refractivity contribution in [3.63, 3.8) is 0 Å². The van der Waals surface area contributed by atoms with E-state index in [1.165, 1.54) is 19.3 Å². The van der Waals surface area contributed by atoms with Gasteiger partial charge in [0.25, 0.3) is 5.91 Å². The maximum atomic E-state index is 13.4. The molecule has 1 aliphatic carbocycles. The number of hydrogen-bond donors (Lipinski definition) is 2. The molecule has 0 spiro atoms. The molecule has 32 heavy (non-hydrogen) atoms. The second-order valence-electron chi connectivity index (χ2n) is 9.95. The van der Waals surface area contributed by atoms with E-state index in [4.69, 9.17) is 0 Å². The highest BCUT2D eigenvalue weighted by atomic mass is 16.2. The number of carbonyl (C=O) groups is 2. The Kier molecular flexibility index (Phi) is 9.43. The fraction of sp³-hybridized carbons (Fsp3) is 0.704. The summed E-state index contributed by atoms with van der Waals surface area (Å²) in [6, 6.07) is 6.17. The lowest BCUT2D eigenvalue weighted by molar-refractivity contribution is -0.120. The topological polar surface area (TPSA) is 61.4 Å². The van der Waals surface area contributed by atoms with E-state index >= 15 is 0 Å². The maximum absolute atomic E-state index is 13.4. The average molecular weight is 442 g/mol. The van der Waals surface area contributed by atoms with Crippen LogP contribution in [0.15, 0.2) is 18.2 Å². The van der Waals surface area contributed by atoms with Crippen molar-refractivity contribution in [2.75, 3.05) is 23.3 Å². The standard InChI is InChI=1S/C27H43N3O2/c1-4-6-10-21(5-2)26(31)29-23-13-14-25(30-17-15-20(3)16-18-30)24(19-23)27(32)28-22-11-8-7-9-12-22/h13-14,19-22H,4-12,15-18H2,1-3H3,(H,28,32)(H,29,31)/t21-/m1/s1. The van der Waals surface area contributed by atoms with Gasteiger partial charge in [-0.05, 0) is 62.6 Å². The molecule has 1 atom stereocenters. The molecule has 1 saturated carbocycles. The number of hydrogen-bond acceptors (Lipinski definition) is 3. The molecule has 1 saturated heterocycles. The predicted molar refractivity (Wildman–Crippen MR) is 133 cm³/mol. The summed E-state index contributed by atoms with van der Waals surface area (Å²) >= 11 is 0. The van der Waals surface area contributed by atoms with E-state index in [1.54, 1.807) is 0 Å². The number of rotatable bonds is 9. The summed E-state index contributed by atoms with van der Waals surface area (Å²) in [4.78, 5) is 28.6. The van der Waals surface area contributed by atoms with Crippen LogP contribution in [0.5, 0.6) is 0 Å². The third kappa shape index (κ3) is 6.73. The van der Waals surface area contributed by atoms with Crippen LogP contribution in [0.3, 0.4) is 0 Å². The summed E-state index contributed by atoms with van der Waals surface area (Å²) in [5, 5.41) is 6.39. The van der Waals surface area contributed by atoms with Gasteiger partial charge in [-0.2, -0.15) is 0 Å². The Labute approximate surface area is 194 Å². The number of benzene rings is 1. The average Bonchev–Trinajstić information content (AvgIpc) is 2.81. The van der Waals surface area contributed by atoms with Crippen LogP contribution in [0, 0.1) is 11.8 Å². The minimum atomic E-state index is -0.000328. The molecule has 5 nitrogen and oxygen atoms in total. The molecule has 1 heterocycles. The van der Waals surface area contributed by atoms with Crippen molar-refractivity contribution in [2.24, 2.45) is 11.8 Å². The molecular formula is C27H43N3O2. The van der Waals surface area contributed by atoms with Crippen LogP contribution in [0.4, 0.5) is 11.4 Å². The molecule has 1 aromatic carbocycles. The van der Waals surface area contributed by atoms with Crippen molar-refractivity contribution in [1.82, 2.24) is 5.32 Å². The van der Waals surface area contributed by atoms with E-state index in [0.717, 1.165) is 81.7 Å². The molecule has 0 unspecified atom stereocenters. The van der Waals surface area contributed by atoms with Crippen LogP contribution in [0.2, 0.25) is 0 Å². The summed E-state index contributed by atoms with van der Waals surface area (Å²) in [5.41, 5.74) is 2.43. The zero-order valence-electron chi connectivity index (χ0n) is 20.4. The van der Waals surface area contributed by atoms with E-state index in [-0.39, 0.29) is 23.8 Å². The molecule has 5 heteroatoms. The molecule has 178 valence electrons. The van der Waals surface area contributed by atoms with E-state index in [1.807, 2.05) is 18.2 Å². The third-order valence-electron chi connectivity index (χ3n) is 7.34. The number of unbranched alkanes of at least 4 members (excludes halogenated alkanes) is 1. The molecule has 2 N–H and O–H groups in total. The van der Waals surface area contributed by atoms with Crippen molar-refractivity contribution < 1.29 is 9.59 Å². The molecular weight excluding hydrogens is 398 g/mol. The Morgan fingerprint density at radius 1 is 1.06 bits per heavy atom. The number of nitrogens with zero attached hydrogens (tertiary/aromatic N) is 1. The number of anilines is 2. The Hall–Kier alpha value is -2.04. The minimum absolute atomic E-state index is 0.000328. The lowest BCUT2D eigenvalue weighted by Gasteiger charge is -2.34. The molecule has 2 fully saturated rings. The highest BCUT2D eigenvalue weighted by Crippen LogP contribution is 2.30. The second kappa shape index (κ2) is 12.3. The monoisotopic (exact) mass is 441 g/mol. The summed E-state index contributed by atoms with van der Waals surface area (Å²) in [6.07, 6.45) is 12.0. The van der Waals surface area contributed by atoms with Gasteiger partial charge in [0.2, 0.25) is 5.91 Å². The maximum Gasteiger partial charge on any atom is 0.253 e.